The van der Waals surface area contributed by atoms with Gasteiger partial charge in [0.05, 0.1) is 23.7 Å². The number of amidine groups is 1. The molecule has 34 heavy (non-hydrogen) atoms. The summed E-state index contributed by atoms with van der Waals surface area (Å²) in [6.07, 6.45) is 2.22. The Kier molecular flexibility index (Phi) is 7.62. The number of pyridine rings is 2. The number of hydrazone groups is 1. The fourth-order valence-electron chi connectivity index (χ4n) is 3.63. The Morgan fingerprint density at radius 1 is 1.35 bits per heavy atom. The largest absolute Gasteiger partial charge is 0.495 e. The number of halogens is 1. The van der Waals surface area contributed by atoms with Crippen LogP contribution >= 0.6 is 0 Å². The van der Waals surface area contributed by atoms with Gasteiger partial charge in [0.1, 0.15) is 12.4 Å². The first-order valence-corrected chi connectivity index (χ1v) is 10.8. The molecule has 10 heteroatoms. The number of para-hydroxylation sites is 2. The van der Waals surface area contributed by atoms with E-state index in [4.69, 9.17) is 4.74 Å². The number of likely N-dealkylation sites (N-methyl/N-ethyl adjacent to an activating group) is 1. The molecule has 0 bridgehead atoms. The number of benzene rings is 1. The van der Waals surface area contributed by atoms with Crippen molar-refractivity contribution in [3.8, 4) is 11.4 Å². The summed E-state index contributed by atoms with van der Waals surface area (Å²) in [5, 5.41) is 15.0. The molecule has 0 spiro atoms. The fraction of sp³-hybridized carbons (Fsp3) is 0.333. The highest BCUT2D eigenvalue weighted by molar-refractivity contribution is 5.92. The second kappa shape index (κ2) is 10.4. The van der Waals surface area contributed by atoms with Gasteiger partial charge in [-0.05, 0) is 36.6 Å². The van der Waals surface area contributed by atoms with Crippen molar-refractivity contribution in [2.45, 2.75) is 26.7 Å². The molecule has 3 aromatic rings. The van der Waals surface area contributed by atoms with E-state index in [-0.39, 0.29) is 29.5 Å². The van der Waals surface area contributed by atoms with Crippen LogP contribution in [-0.2, 0) is 4.79 Å². The number of methoxy groups -OCH3 is 1. The minimum Gasteiger partial charge on any atom is -0.495 e. The number of hydrogen-bond donors (Lipinski definition) is 1. The smallest absolute Gasteiger partial charge is 0.264 e. The SMILES string of the molecule is CCN(C=O)/C(CO)=N\N(C)c1nc2c(C(C)C)cn(-c3ccccc3OC)c(=O)c2cc1F. The van der Waals surface area contributed by atoms with Crippen LogP contribution in [0.3, 0.4) is 0 Å². The maximum Gasteiger partial charge on any atom is 0.264 e. The molecule has 2 heterocycles. The zero-order valence-electron chi connectivity index (χ0n) is 19.8. The molecule has 1 aromatic carbocycles. The molecule has 0 atom stereocenters. The van der Waals surface area contributed by atoms with Gasteiger partial charge in [-0.2, -0.15) is 5.10 Å². The highest BCUT2D eigenvalue weighted by Crippen LogP contribution is 2.29. The number of nitrogens with zero attached hydrogens (tertiary/aromatic N) is 5. The number of ether oxygens (including phenoxy) is 1. The van der Waals surface area contributed by atoms with Crippen LogP contribution in [-0.4, -0.2) is 59.1 Å². The average molecular weight is 470 g/mol. The van der Waals surface area contributed by atoms with Crippen LogP contribution in [0.4, 0.5) is 10.2 Å². The summed E-state index contributed by atoms with van der Waals surface area (Å²) in [7, 11) is 2.97. The molecule has 0 radical (unpaired) electrons. The third kappa shape index (κ3) is 4.62. The van der Waals surface area contributed by atoms with Gasteiger partial charge in [-0.3, -0.25) is 19.1 Å². The number of rotatable bonds is 8. The standard InChI is InChI=1S/C24H28FN5O4/c1-6-29(14-32)21(13-31)27-28(4)23-18(25)11-16-22(26-23)17(15(2)3)12-30(24(16)33)19-9-7-8-10-20(19)34-5/h7-12,14-15,31H,6,13H2,1-5H3/b27-21-. The summed E-state index contributed by atoms with van der Waals surface area (Å²) in [6, 6.07) is 8.22. The van der Waals surface area contributed by atoms with Gasteiger partial charge in [0.25, 0.3) is 5.56 Å². The summed E-state index contributed by atoms with van der Waals surface area (Å²) >= 11 is 0. The van der Waals surface area contributed by atoms with Crippen LogP contribution in [0.2, 0.25) is 0 Å². The Labute approximate surface area is 196 Å². The van der Waals surface area contributed by atoms with Crippen LogP contribution in [0.25, 0.3) is 16.6 Å². The predicted molar refractivity (Wildman–Crippen MR) is 129 cm³/mol. The number of amides is 1. The lowest BCUT2D eigenvalue weighted by Crippen LogP contribution is -2.34. The van der Waals surface area contributed by atoms with Gasteiger partial charge < -0.3 is 9.84 Å². The van der Waals surface area contributed by atoms with E-state index in [0.29, 0.717) is 23.4 Å². The van der Waals surface area contributed by atoms with Crippen molar-refractivity contribution < 1.29 is 19.0 Å². The Morgan fingerprint density at radius 2 is 2.06 bits per heavy atom. The van der Waals surface area contributed by atoms with Crippen molar-refractivity contribution in [2.24, 2.45) is 5.10 Å². The molecular formula is C24H28FN5O4. The third-order valence-corrected chi connectivity index (χ3v) is 5.43. The molecule has 2 aromatic heterocycles. The molecule has 0 fully saturated rings. The lowest BCUT2D eigenvalue weighted by molar-refractivity contribution is -0.114. The molecule has 1 N–H and O–H groups in total. The van der Waals surface area contributed by atoms with E-state index in [2.05, 4.69) is 10.1 Å². The Morgan fingerprint density at radius 3 is 2.65 bits per heavy atom. The molecule has 0 aliphatic carbocycles. The normalized spacial score (nSPS) is 11.7. The number of hydrogen-bond acceptors (Lipinski definition) is 7. The first kappa shape index (κ1) is 24.8. The van der Waals surface area contributed by atoms with E-state index in [1.54, 1.807) is 37.4 Å². The van der Waals surface area contributed by atoms with Gasteiger partial charge in [-0.25, -0.2) is 14.4 Å². The van der Waals surface area contributed by atoms with E-state index in [1.807, 2.05) is 13.8 Å². The summed E-state index contributed by atoms with van der Waals surface area (Å²) in [4.78, 5) is 30.2. The number of aliphatic hydroxyl groups is 1. The number of aromatic nitrogens is 2. The summed E-state index contributed by atoms with van der Waals surface area (Å²) in [5.41, 5.74) is 1.16. The number of aliphatic hydroxyl groups excluding tert-OH is 1. The Bertz CT molecular complexity index is 1290. The molecule has 180 valence electrons. The highest BCUT2D eigenvalue weighted by atomic mass is 19.1. The molecule has 3 rings (SSSR count). The van der Waals surface area contributed by atoms with Crippen LogP contribution < -0.4 is 15.3 Å². The van der Waals surface area contributed by atoms with Crippen molar-refractivity contribution in [1.82, 2.24) is 14.5 Å². The van der Waals surface area contributed by atoms with Crippen molar-refractivity contribution in [1.29, 1.82) is 0 Å². The topological polar surface area (TPSA) is 100 Å². The van der Waals surface area contributed by atoms with Gasteiger partial charge in [0, 0.05) is 19.8 Å². The number of fused-ring (bicyclic) bond motifs is 1. The van der Waals surface area contributed by atoms with Crippen LogP contribution in [0.5, 0.6) is 5.75 Å². The van der Waals surface area contributed by atoms with E-state index < -0.39 is 18.0 Å². The zero-order valence-corrected chi connectivity index (χ0v) is 19.8. The van der Waals surface area contributed by atoms with Gasteiger partial charge in [-0.15, -0.1) is 0 Å². The lowest BCUT2D eigenvalue weighted by atomic mass is 10.0. The maximum atomic E-state index is 15.2. The molecule has 9 nitrogen and oxygen atoms in total. The summed E-state index contributed by atoms with van der Waals surface area (Å²) in [5.74, 6) is -0.407. The van der Waals surface area contributed by atoms with Gasteiger partial charge in [-0.1, -0.05) is 26.0 Å². The van der Waals surface area contributed by atoms with Gasteiger partial charge in [0.2, 0.25) is 6.41 Å². The van der Waals surface area contributed by atoms with E-state index in [1.165, 1.54) is 23.6 Å². The van der Waals surface area contributed by atoms with E-state index in [0.717, 1.165) is 16.6 Å². The van der Waals surface area contributed by atoms with Crippen molar-refractivity contribution in [3.05, 3.63) is 58.3 Å². The van der Waals surface area contributed by atoms with Crippen molar-refractivity contribution in [3.63, 3.8) is 0 Å². The van der Waals surface area contributed by atoms with Crippen molar-refractivity contribution >= 4 is 29.0 Å². The number of carbonyl (C=O) groups excluding carboxylic acids is 1. The fourth-order valence-corrected chi connectivity index (χ4v) is 3.63. The monoisotopic (exact) mass is 469 g/mol. The Hall–Kier alpha value is -3.79. The number of carbonyl (C=O) groups is 1. The number of anilines is 1. The lowest BCUT2D eigenvalue weighted by Gasteiger charge is -2.21. The van der Waals surface area contributed by atoms with Crippen molar-refractivity contribution in [2.75, 3.05) is 32.3 Å². The van der Waals surface area contributed by atoms with Gasteiger partial charge in [0.15, 0.2) is 17.5 Å². The first-order chi connectivity index (χ1) is 16.3. The van der Waals surface area contributed by atoms with E-state index in [9.17, 15) is 14.7 Å². The molecule has 0 unspecified atom stereocenters. The van der Waals surface area contributed by atoms with Crippen LogP contribution in [0.15, 0.2) is 46.4 Å². The maximum absolute atomic E-state index is 15.2. The first-order valence-electron chi connectivity index (χ1n) is 10.8. The second-order valence-electron chi connectivity index (χ2n) is 7.87. The van der Waals surface area contributed by atoms with Crippen LogP contribution in [0, 0.1) is 5.82 Å². The quantitative estimate of drug-likeness (QED) is 0.236. The molecule has 1 amide bonds. The summed E-state index contributed by atoms with van der Waals surface area (Å²) in [6.45, 7) is 5.38. The molecular weight excluding hydrogens is 441 g/mol. The molecule has 0 saturated heterocycles. The van der Waals surface area contributed by atoms with Crippen LogP contribution in [0.1, 0.15) is 32.3 Å². The minimum atomic E-state index is -0.769. The summed E-state index contributed by atoms with van der Waals surface area (Å²) < 4.78 is 22.0. The highest BCUT2D eigenvalue weighted by Gasteiger charge is 2.20. The molecule has 0 aliphatic heterocycles. The van der Waals surface area contributed by atoms with Gasteiger partial charge >= 0.3 is 0 Å². The predicted octanol–water partition coefficient (Wildman–Crippen LogP) is 2.88. The average Bonchev–Trinajstić information content (AvgIpc) is 2.84. The minimum absolute atomic E-state index is 0.0389. The second-order valence-corrected chi connectivity index (χ2v) is 7.87. The zero-order chi connectivity index (χ0) is 25.0. The van der Waals surface area contributed by atoms with E-state index >= 15 is 4.39 Å². The molecule has 0 aliphatic rings. The molecule has 0 saturated carbocycles. The third-order valence-electron chi connectivity index (χ3n) is 5.43. The Balaban J connectivity index is 2.26.